The molecule has 4 heterocycles. The van der Waals surface area contributed by atoms with E-state index in [1.54, 1.807) is 75.9 Å². The molecule has 0 aliphatic carbocycles. The molecule has 0 aliphatic rings. The predicted molar refractivity (Wildman–Crippen MR) is 173 cm³/mol. The van der Waals surface area contributed by atoms with Crippen molar-refractivity contribution in [1.82, 2.24) is 28.7 Å². The van der Waals surface area contributed by atoms with Gasteiger partial charge in [-0.05, 0) is 52.3 Å². The quantitative estimate of drug-likeness (QED) is 0.137. The van der Waals surface area contributed by atoms with Crippen LogP contribution in [0.4, 0.5) is 11.9 Å². The van der Waals surface area contributed by atoms with Gasteiger partial charge in [-0.2, -0.15) is 0 Å². The molecule has 13 nitrogen and oxygen atoms in total. The van der Waals surface area contributed by atoms with Crippen LogP contribution in [0.3, 0.4) is 0 Å². The molecule has 0 saturated carbocycles. The van der Waals surface area contributed by atoms with Gasteiger partial charge in [-0.15, -0.1) is 0 Å². The molecule has 0 bridgehead atoms. The van der Waals surface area contributed by atoms with Gasteiger partial charge in [0.25, 0.3) is 0 Å². The Hall–Kier alpha value is -5.09. The van der Waals surface area contributed by atoms with Gasteiger partial charge in [0, 0.05) is 23.5 Å². The minimum atomic E-state index is -0.378. The van der Waals surface area contributed by atoms with Crippen molar-refractivity contribution in [3.05, 3.63) is 95.0 Å². The fourth-order valence-electron chi connectivity index (χ4n) is 4.14. The number of anilines is 2. The van der Waals surface area contributed by atoms with Crippen LogP contribution in [0.1, 0.15) is 20.7 Å². The number of esters is 2. The number of halogens is 1. The molecule has 221 valence electrons. The third-order valence-corrected chi connectivity index (χ3v) is 6.72. The van der Waals surface area contributed by atoms with E-state index in [1.807, 2.05) is 12.1 Å². The number of nitrogen functional groups attached to an aromatic ring is 2. The zero-order valence-electron chi connectivity index (χ0n) is 23.3. The van der Waals surface area contributed by atoms with Crippen LogP contribution in [0.15, 0.2) is 88.2 Å². The van der Waals surface area contributed by atoms with Crippen molar-refractivity contribution in [2.24, 2.45) is 4.30 Å². The molecule has 0 aliphatic heterocycles. The number of rotatable bonds is 4. The molecule has 2 aromatic carbocycles. The Labute approximate surface area is 266 Å². The normalized spacial score (nSPS) is 10.2. The van der Waals surface area contributed by atoms with Gasteiger partial charge in [-0.25, -0.2) is 29.5 Å². The predicted octanol–water partition coefficient (Wildman–Crippen LogP) is 4.48. The van der Waals surface area contributed by atoms with Crippen molar-refractivity contribution in [3.63, 3.8) is 0 Å². The molecule has 0 saturated heterocycles. The van der Waals surface area contributed by atoms with Gasteiger partial charge in [0.2, 0.25) is 11.9 Å². The van der Waals surface area contributed by atoms with Crippen molar-refractivity contribution in [1.29, 1.82) is 0 Å². The summed E-state index contributed by atoms with van der Waals surface area (Å²) in [5.41, 5.74) is 16.1. The average molecular weight is 673 g/mol. The first-order chi connectivity index (χ1) is 21.2. The third kappa shape index (κ3) is 6.76. The van der Waals surface area contributed by atoms with Crippen LogP contribution in [0.2, 0.25) is 0 Å². The molecule has 44 heavy (non-hydrogen) atoms. The van der Waals surface area contributed by atoms with Crippen molar-refractivity contribution >= 4 is 71.3 Å². The fourth-order valence-corrected chi connectivity index (χ4v) is 4.62. The van der Waals surface area contributed by atoms with E-state index in [0.717, 1.165) is 22.2 Å². The topological polar surface area (TPSA) is 177 Å². The Balaban J connectivity index is 0.000000185. The second-order valence-electron chi connectivity index (χ2n) is 8.65. The summed E-state index contributed by atoms with van der Waals surface area (Å²) in [7, 11) is 7.04. The Kier molecular flexibility index (Phi) is 10.4. The zero-order chi connectivity index (χ0) is 31.8. The first-order valence-corrected chi connectivity index (χ1v) is 13.7. The summed E-state index contributed by atoms with van der Waals surface area (Å²) >= 11 is 6.60. The Bertz CT molecular complexity index is 1950. The number of methoxy groups -OCH3 is 2. The van der Waals surface area contributed by atoms with Crippen LogP contribution in [0.25, 0.3) is 33.8 Å². The van der Waals surface area contributed by atoms with Gasteiger partial charge in [-0.1, -0.05) is 24.3 Å². The Morgan fingerprint density at radius 1 is 0.795 bits per heavy atom. The van der Waals surface area contributed by atoms with E-state index in [9.17, 15) is 9.59 Å². The maximum atomic E-state index is 11.5. The van der Waals surface area contributed by atoms with Gasteiger partial charge in [0.05, 0.1) is 42.6 Å². The van der Waals surface area contributed by atoms with E-state index in [4.69, 9.17) is 11.5 Å². The van der Waals surface area contributed by atoms with E-state index in [-0.39, 0.29) is 11.9 Å². The second kappa shape index (κ2) is 14.4. The Morgan fingerprint density at radius 2 is 1.27 bits per heavy atom. The third-order valence-electron chi connectivity index (χ3n) is 6.14. The second-order valence-corrected chi connectivity index (χ2v) is 9.63. The Morgan fingerprint density at radius 3 is 1.80 bits per heavy atom. The number of nitrogens with two attached hydrogens (primary N) is 2. The number of thiol groups is 1. The summed E-state index contributed by atoms with van der Waals surface area (Å²) in [5, 5.41) is 0. The molecule has 0 atom stereocenters. The first-order valence-electron chi connectivity index (χ1n) is 12.5. The van der Waals surface area contributed by atoms with Crippen LogP contribution >= 0.6 is 28.7 Å². The number of carbonyl (C=O) groups is 2. The van der Waals surface area contributed by atoms with Crippen molar-refractivity contribution in [2.45, 2.75) is 0 Å². The number of imidazole rings is 2. The summed E-state index contributed by atoms with van der Waals surface area (Å²) in [6.07, 6.45) is 4.99. The molecule has 6 rings (SSSR count). The molecule has 0 fully saturated rings. The van der Waals surface area contributed by atoms with E-state index >= 15 is 0 Å². The minimum absolute atomic E-state index is 0.345. The zero-order valence-corrected chi connectivity index (χ0v) is 25.8. The molecule has 16 heteroatoms. The van der Waals surface area contributed by atoms with E-state index < -0.39 is 0 Å². The summed E-state index contributed by atoms with van der Waals surface area (Å²) in [5.74, 6) is 1.30. The van der Waals surface area contributed by atoms with E-state index in [0.29, 0.717) is 39.3 Å². The summed E-state index contributed by atoms with van der Waals surface area (Å²) < 4.78 is 16.2. The van der Waals surface area contributed by atoms with Crippen LogP contribution in [0, 0.1) is 0 Å². The summed E-state index contributed by atoms with van der Waals surface area (Å²) in [6, 6.07) is 17.6. The van der Waals surface area contributed by atoms with E-state index in [2.05, 4.69) is 70.1 Å². The maximum absolute atomic E-state index is 11.5. The standard InChI is InChI=1S/C14H11BrN4O2.C14H12N4O2.BHNS/c1-21-13(20)9-4-2-8(3-5-9)12-18-11(15)10-6-7-17-14(16)19(10)12;1-20-13(19)10-4-2-9(3-5-10)12-17-8-11-6-7-16-14(15)18(11)12;1-2-3/h2-7H,1H3,(H2,16,17);2-8H,1H3,(H2,15,16);3H. The van der Waals surface area contributed by atoms with Gasteiger partial charge in [0.1, 0.15) is 16.3 Å². The first kappa shape index (κ1) is 31.8. The number of fused-ring (bicyclic) bond motifs is 2. The molecular weight excluding hydrogens is 649 g/mol. The summed E-state index contributed by atoms with van der Waals surface area (Å²) in [4.78, 5) is 39.8. The number of hydrogen-bond donors (Lipinski definition) is 3. The van der Waals surface area contributed by atoms with Gasteiger partial charge >= 0.3 is 36.7 Å². The fraction of sp³-hybridized carbons (Fsp3) is 0.0714. The van der Waals surface area contributed by atoms with Crippen LogP contribution in [-0.2, 0) is 9.47 Å². The molecule has 0 amide bonds. The number of nitrogens with zero attached hydrogens (tertiary/aromatic N) is 7. The SMILES string of the molecule is COC(=O)c1ccc(-c2nc(Br)c3ccnc(N)n23)cc1.COC(=O)c1ccc(-c2ncc3ccnc(N)n23)cc1.[B]=NS. The number of hydrogen-bond acceptors (Lipinski definition) is 12. The molecule has 0 unspecified atom stereocenters. The van der Waals surface area contributed by atoms with Gasteiger partial charge in [-0.3, -0.25) is 8.80 Å². The van der Waals surface area contributed by atoms with Crippen LogP contribution in [0.5, 0.6) is 0 Å². The number of ether oxygens (including phenoxy) is 2. The van der Waals surface area contributed by atoms with Crippen molar-refractivity contribution in [2.75, 3.05) is 25.7 Å². The van der Waals surface area contributed by atoms with Gasteiger partial charge < -0.3 is 20.9 Å². The van der Waals surface area contributed by atoms with E-state index in [1.165, 1.54) is 14.2 Å². The number of benzene rings is 2. The molecular formula is C28H24BBrN9O4S. The van der Waals surface area contributed by atoms with Gasteiger partial charge in [0.15, 0.2) is 0 Å². The monoisotopic (exact) mass is 672 g/mol. The van der Waals surface area contributed by atoms with Crippen molar-refractivity contribution < 1.29 is 19.1 Å². The average Bonchev–Trinajstić information content (AvgIpc) is 3.64. The molecule has 6 aromatic rings. The molecule has 0 spiro atoms. The molecule has 4 N–H and O–H groups in total. The van der Waals surface area contributed by atoms with Crippen molar-refractivity contribution in [3.8, 4) is 22.8 Å². The van der Waals surface area contributed by atoms with Crippen LogP contribution in [-0.4, -0.2) is 62.5 Å². The number of carbonyl (C=O) groups excluding carboxylic acids is 2. The summed E-state index contributed by atoms with van der Waals surface area (Å²) in [6.45, 7) is 0. The molecule has 4 aromatic heterocycles. The number of aromatic nitrogens is 6. The van der Waals surface area contributed by atoms with Crippen LogP contribution < -0.4 is 11.5 Å². The molecule has 1 radical (unpaired) electrons.